The molecule has 2 aromatic rings. The van der Waals surface area contributed by atoms with Crippen molar-refractivity contribution in [1.29, 1.82) is 0 Å². The van der Waals surface area contributed by atoms with Crippen molar-refractivity contribution >= 4 is 36.5 Å². The van der Waals surface area contributed by atoms with Crippen molar-refractivity contribution in [2.24, 2.45) is 11.8 Å². The fourth-order valence-electron chi connectivity index (χ4n) is 5.01. The monoisotopic (exact) mass is 524 g/mol. The van der Waals surface area contributed by atoms with Crippen molar-refractivity contribution in [2.75, 3.05) is 18.0 Å². The van der Waals surface area contributed by atoms with Crippen molar-refractivity contribution in [1.82, 2.24) is 15.0 Å². The summed E-state index contributed by atoms with van der Waals surface area (Å²) in [6, 6.07) is 0. The highest BCUT2D eigenvalue weighted by Gasteiger charge is 2.45. The van der Waals surface area contributed by atoms with Gasteiger partial charge in [-0.1, -0.05) is 39.3 Å². The Hall–Kier alpha value is -1.38. The van der Waals surface area contributed by atoms with Gasteiger partial charge in [-0.15, -0.1) is 0 Å². The normalized spacial score (nSPS) is 23.9. The van der Waals surface area contributed by atoms with Gasteiger partial charge >= 0.3 is 0 Å². The number of pyridine rings is 1. The second-order valence-electron chi connectivity index (χ2n) is 12.1. The molecule has 35 heavy (non-hydrogen) atoms. The fourth-order valence-corrected chi connectivity index (χ4v) is 6.62. The molecule has 0 radical (unpaired) electrons. The summed E-state index contributed by atoms with van der Waals surface area (Å²) in [7, 11) is -1.72. The number of hydrogen-bond acceptors (Lipinski definition) is 5. The summed E-state index contributed by atoms with van der Waals surface area (Å²) in [6.07, 6.45) is 10.1. The van der Waals surface area contributed by atoms with Gasteiger partial charge in [-0.2, -0.15) is 0 Å². The SMILES string of the molecule is CC(CCc1ncc2c(Cl)ncc(N3CC(F)(F)C3)c2n1)C1CCC(O[Si](C)(C)C(C)(C)C)CC1. The third kappa shape index (κ3) is 5.96. The van der Waals surface area contributed by atoms with Crippen LogP contribution in [0.2, 0.25) is 23.3 Å². The van der Waals surface area contributed by atoms with Crippen LogP contribution in [-0.2, 0) is 10.8 Å². The van der Waals surface area contributed by atoms with E-state index in [9.17, 15) is 8.78 Å². The number of anilines is 1. The van der Waals surface area contributed by atoms with Crippen LogP contribution in [0.4, 0.5) is 14.5 Å². The quantitative estimate of drug-likeness (QED) is 0.281. The lowest BCUT2D eigenvalue weighted by Crippen LogP contribution is -2.56. The minimum atomic E-state index is -2.66. The molecule has 1 aliphatic carbocycles. The second kappa shape index (κ2) is 9.82. The van der Waals surface area contributed by atoms with Gasteiger partial charge in [-0.25, -0.2) is 23.7 Å². The van der Waals surface area contributed by atoms with E-state index in [1.165, 1.54) is 12.8 Å². The lowest BCUT2D eigenvalue weighted by Gasteiger charge is -2.42. The molecule has 2 aromatic heterocycles. The molecule has 194 valence electrons. The Morgan fingerprint density at radius 3 is 2.40 bits per heavy atom. The number of alkyl halides is 2. The number of nitrogens with zero attached hydrogens (tertiary/aromatic N) is 4. The van der Waals surface area contributed by atoms with Crippen LogP contribution in [0.15, 0.2) is 12.4 Å². The van der Waals surface area contributed by atoms with Crippen LogP contribution in [0.3, 0.4) is 0 Å². The number of halogens is 3. The van der Waals surface area contributed by atoms with Crippen LogP contribution >= 0.6 is 11.6 Å². The van der Waals surface area contributed by atoms with E-state index in [2.05, 4.69) is 50.8 Å². The topological polar surface area (TPSA) is 51.1 Å². The van der Waals surface area contributed by atoms with Crippen LogP contribution in [0.25, 0.3) is 10.9 Å². The summed E-state index contributed by atoms with van der Waals surface area (Å²) in [4.78, 5) is 15.0. The number of aryl methyl sites for hydroxylation is 1. The molecule has 2 aliphatic rings. The highest BCUT2D eigenvalue weighted by Crippen LogP contribution is 2.41. The van der Waals surface area contributed by atoms with E-state index in [1.807, 2.05) is 0 Å². The first kappa shape index (κ1) is 26.7. The number of fused-ring (bicyclic) bond motifs is 1. The van der Waals surface area contributed by atoms with Crippen molar-refractivity contribution in [2.45, 2.75) is 96.4 Å². The molecule has 2 fully saturated rings. The van der Waals surface area contributed by atoms with Gasteiger partial charge in [0.1, 0.15) is 16.5 Å². The summed E-state index contributed by atoms with van der Waals surface area (Å²) >= 11 is 6.24. The summed E-state index contributed by atoms with van der Waals surface area (Å²) < 4.78 is 33.6. The van der Waals surface area contributed by atoms with E-state index in [1.54, 1.807) is 17.3 Å². The average molecular weight is 525 g/mol. The maximum Gasteiger partial charge on any atom is 0.282 e. The van der Waals surface area contributed by atoms with E-state index in [-0.39, 0.29) is 18.1 Å². The molecule has 1 saturated carbocycles. The van der Waals surface area contributed by atoms with E-state index in [0.29, 0.717) is 39.7 Å². The molecule has 9 heteroatoms. The molecule has 1 atom stereocenters. The van der Waals surface area contributed by atoms with Crippen LogP contribution < -0.4 is 4.90 Å². The van der Waals surface area contributed by atoms with Crippen LogP contribution in [0.5, 0.6) is 0 Å². The average Bonchev–Trinajstić information content (AvgIpc) is 2.75. The molecule has 0 N–H and O–H groups in total. The first-order valence-electron chi connectivity index (χ1n) is 12.9. The predicted molar refractivity (Wildman–Crippen MR) is 141 cm³/mol. The van der Waals surface area contributed by atoms with Crippen molar-refractivity contribution in [3.63, 3.8) is 0 Å². The minimum Gasteiger partial charge on any atom is -0.414 e. The maximum absolute atomic E-state index is 13.4. The Morgan fingerprint density at radius 1 is 1.14 bits per heavy atom. The third-order valence-corrected chi connectivity index (χ3v) is 13.2. The molecule has 1 unspecified atom stereocenters. The summed E-state index contributed by atoms with van der Waals surface area (Å²) in [5.74, 6) is -0.675. The van der Waals surface area contributed by atoms with Crippen LogP contribution in [0.1, 0.15) is 65.6 Å². The van der Waals surface area contributed by atoms with Gasteiger partial charge in [0.15, 0.2) is 8.32 Å². The molecule has 5 nitrogen and oxygen atoms in total. The van der Waals surface area contributed by atoms with Crippen LogP contribution in [0, 0.1) is 11.8 Å². The van der Waals surface area contributed by atoms with Crippen molar-refractivity contribution in [3.8, 4) is 0 Å². The molecular formula is C26H39ClF2N4OSi. The molecular weight excluding hydrogens is 486 g/mol. The van der Waals surface area contributed by atoms with Gasteiger partial charge < -0.3 is 9.33 Å². The molecule has 3 heterocycles. The maximum atomic E-state index is 13.4. The predicted octanol–water partition coefficient (Wildman–Crippen LogP) is 7.28. The third-order valence-electron chi connectivity index (χ3n) is 8.40. The zero-order chi connectivity index (χ0) is 25.6. The summed E-state index contributed by atoms with van der Waals surface area (Å²) in [6.45, 7) is 13.3. The zero-order valence-corrected chi connectivity index (χ0v) is 23.6. The zero-order valence-electron chi connectivity index (χ0n) is 21.9. The lowest BCUT2D eigenvalue weighted by atomic mass is 9.78. The first-order chi connectivity index (χ1) is 16.3. The Morgan fingerprint density at radius 2 is 1.80 bits per heavy atom. The smallest absolute Gasteiger partial charge is 0.282 e. The molecule has 0 aromatic carbocycles. The van der Waals surface area contributed by atoms with Gasteiger partial charge in [0, 0.05) is 18.7 Å². The minimum absolute atomic E-state index is 0.244. The molecule has 4 rings (SSSR count). The van der Waals surface area contributed by atoms with Gasteiger partial charge in [-0.3, -0.25) is 0 Å². The van der Waals surface area contributed by atoms with E-state index >= 15 is 0 Å². The Labute approximate surface area is 214 Å². The largest absolute Gasteiger partial charge is 0.414 e. The fraction of sp³-hybridized carbons (Fsp3) is 0.731. The number of aromatic nitrogens is 3. The highest BCUT2D eigenvalue weighted by atomic mass is 35.5. The molecule has 1 saturated heterocycles. The standard InChI is InChI=1S/C26H39ClF2N4OSi/c1-17(18-8-10-19(11-9-18)34-35(5,6)25(2,3)4)7-12-22-30-13-20-23(32-22)21(14-31-24(20)27)33-15-26(28,29)16-33/h13-14,17-19H,7-12,15-16H2,1-6H3. The highest BCUT2D eigenvalue weighted by molar-refractivity contribution is 6.74. The number of hydrogen-bond donors (Lipinski definition) is 0. The van der Waals surface area contributed by atoms with Gasteiger partial charge in [0.2, 0.25) is 0 Å². The van der Waals surface area contributed by atoms with E-state index < -0.39 is 14.2 Å². The van der Waals surface area contributed by atoms with Crippen LogP contribution in [-0.4, -0.2) is 48.4 Å². The number of rotatable bonds is 7. The molecule has 1 aliphatic heterocycles. The first-order valence-corrected chi connectivity index (χ1v) is 16.1. The van der Waals surface area contributed by atoms with Crippen molar-refractivity contribution in [3.05, 3.63) is 23.4 Å². The van der Waals surface area contributed by atoms with E-state index in [4.69, 9.17) is 21.0 Å². The molecule has 0 spiro atoms. The van der Waals surface area contributed by atoms with Gasteiger partial charge in [0.05, 0.1) is 30.4 Å². The Balaban J connectivity index is 1.35. The van der Waals surface area contributed by atoms with Gasteiger partial charge in [-0.05, 0) is 62.1 Å². The van der Waals surface area contributed by atoms with E-state index in [0.717, 1.165) is 31.5 Å². The molecule has 0 amide bonds. The summed E-state index contributed by atoms with van der Waals surface area (Å²) in [5, 5.41) is 1.15. The Bertz CT molecular complexity index is 1050. The second-order valence-corrected chi connectivity index (χ2v) is 17.2. The van der Waals surface area contributed by atoms with Gasteiger partial charge in [0.25, 0.3) is 5.92 Å². The summed E-state index contributed by atoms with van der Waals surface area (Å²) in [5.41, 5.74) is 1.22. The molecule has 0 bridgehead atoms. The Kier molecular flexibility index (Phi) is 7.49. The van der Waals surface area contributed by atoms with Crippen molar-refractivity contribution < 1.29 is 13.2 Å². The lowest BCUT2D eigenvalue weighted by molar-refractivity contribution is -0.0261.